The van der Waals surface area contributed by atoms with E-state index in [9.17, 15) is 8.42 Å². The Balaban J connectivity index is 3.03. The van der Waals surface area contributed by atoms with Gasteiger partial charge in [-0.1, -0.05) is 15.9 Å². The van der Waals surface area contributed by atoms with Crippen molar-refractivity contribution in [3.8, 4) is 0 Å². The number of aryl methyl sites for hydroxylation is 1. The van der Waals surface area contributed by atoms with Crippen molar-refractivity contribution in [2.45, 2.75) is 18.2 Å². The lowest BCUT2D eigenvalue weighted by molar-refractivity contribution is 0.189. The lowest BCUT2D eigenvalue weighted by Crippen LogP contribution is -2.29. The highest BCUT2D eigenvalue weighted by Crippen LogP contribution is 2.30. The first-order valence-corrected chi connectivity index (χ1v) is 8.74. The van der Waals surface area contributed by atoms with E-state index in [1.54, 1.807) is 26.3 Å². The van der Waals surface area contributed by atoms with E-state index in [-0.39, 0.29) is 4.90 Å². The van der Waals surface area contributed by atoms with Crippen LogP contribution in [0.2, 0.25) is 0 Å². The number of benzene rings is 1. The van der Waals surface area contributed by atoms with Crippen LogP contribution in [0.15, 0.2) is 26.0 Å². The summed E-state index contributed by atoms with van der Waals surface area (Å²) in [6, 6.07) is 3.42. The van der Waals surface area contributed by atoms with Gasteiger partial charge in [0.05, 0.1) is 4.90 Å². The van der Waals surface area contributed by atoms with Crippen molar-refractivity contribution in [3.63, 3.8) is 0 Å². The fourth-order valence-corrected chi connectivity index (χ4v) is 4.39. The van der Waals surface area contributed by atoms with Crippen LogP contribution < -0.4 is 0 Å². The van der Waals surface area contributed by atoms with E-state index < -0.39 is 10.0 Å². The van der Waals surface area contributed by atoms with Gasteiger partial charge >= 0.3 is 0 Å². The molecule has 0 aliphatic rings. The lowest BCUT2D eigenvalue weighted by Gasteiger charge is -2.18. The summed E-state index contributed by atoms with van der Waals surface area (Å²) in [5, 5.41) is 0. The quantitative estimate of drug-likeness (QED) is 0.671. The second-order valence-corrected chi connectivity index (χ2v) is 7.93. The van der Waals surface area contributed by atoms with E-state index in [0.29, 0.717) is 24.0 Å². The maximum atomic E-state index is 12.4. The number of sulfonamides is 1. The van der Waals surface area contributed by atoms with Gasteiger partial charge in [-0.3, -0.25) is 0 Å². The third-order valence-corrected chi connectivity index (χ3v) is 6.39. The maximum Gasteiger partial charge on any atom is 0.243 e. The molecule has 0 radical (unpaired) electrons. The molecule has 0 bridgehead atoms. The van der Waals surface area contributed by atoms with Crippen LogP contribution in [0.25, 0.3) is 0 Å². The highest BCUT2D eigenvalue weighted by atomic mass is 79.9. The van der Waals surface area contributed by atoms with E-state index in [1.807, 2.05) is 6.92 Å². The molecule has 0 fully saturated rings. The minimum Gasteiger partial charge on any atom is -0.385 e. The molecule has 108 valence electrons. The van der Waals surface area contributed by atoms with E-state index in [0.717, 1.165) is 10.0 Å². The smallest absolute Gasteiger partial charge is 0.243 e. The highest BCUT2D eigenvalue weighted by molar-refractivity contribution is 9.11. The molecule has 0 unspecified atom stereocenters. The second kappa shape index (κ2) is 7.17. The molecule has 7 heteroatoms. The third kappa shape index (κ3) is 4.26. The molecule has 0 atom stereocenters. The largest absolute Gasteiger partial charge is 0.385 e. The van der Waals surface area contributed by atoms with Gasteiger partial charge in [-0.2, -0.15) is 0 Å². The number of halogens is 2. The highest BCUT2D eigenvalue weighted by Gasteiger charge is 2.23. The normalized spacial score (nSPS) is 12.1. The Hall–Kier alpha value is 0.0500. The Morgan fingerprint density at radius 2 is 1.89 bits per heavy atom. The van der Waals surface area contributed by atoms with E-state index in [4.69, 9.17) is 4.74 Å². The Kier molecular flexibility index (Phi) is 6.46. The number of rotatable bonds is 6. The van der Waals surface area contributed by atoms with Crippen LogP contribution in [0.4, 0.5) is 0 Å². The first-order valence-electron chi connectivity index (χ1n) is 5.71. The second-order valence-electron chi connectivity index (χ2n) is 4.20. The Morgan fingerprint density at radius 3 is 2.47 bits per heavy atom. The van der Waals surface area contributed by atoms with Crippen molar-refractivity contribution < 1.29 is 13.2 Å². The van der Waals surface area contributed by atoms with Crippen molar-refractivity contribution in [2.24, 2.45) is 0 Å². The molecule has 0 aromatic heterocycles. The zero-order chi connectivity index (χ0) is 14.6. The van der Waals surface area contributed by atoms with E-state index in [1.165, 1.54) is 4.31 Å². The van der Waals surface area contributed by atoms with Crippen molar-refractivity contribution in [2.75, 3.05) is 27.3 Å². The van der Waals surface area contributed by atoms with Gasteiger partial charge in [0.2, 0.25) is 10.0 Å². The number of ether oxygens (including phenoxy) is 1. The molecule has 1 aromatic carbocycles. The first kappa shape index (κ1) is 17.1. The van der Waals surface area contributed by atoms with Gasteiger partial charge in [0.25, 0.3) is 0 Å². The minimum absolute atomic E-state index is 0.268. The van der Waals surface area contributed by atoms with Crippen molar-refractivity contribution in [3.05, 3.63) is 26.6 Å². The summed E-state index contributed by atoms with van der Waals surface area (Å²) in [7, 11) is -0.314. The van der Waals surface area contributed by atoms with E-state index >= 15 is 0 Å². The van der Waals surface area contributed by atoms with Gasteiger partial charge in [0.15, 0.2) is 0 Å². The molecule has 0 aliphatic carbocycles. The predicted octanol–water partition coefficient (Wildman–Crippen LogP) is 3.18. The average molecular weight is 415 g/mol. The van der Waals surface area contributed by atoms with Crippen LogP contribution >= 0.6 is 31.9 Å². The predicted molar refractivity (Wildman–Crippen MR) is 82.9 cm³/mol. The fourth-order valence-electron chi connectivity index (χ4n) is 1.55. The van der Waals surface area contributed by atoms with Crippen LogP contribution in [-0.2, 0) is 14.8 Å². The fraction of sp³-hybridized carbons (Fsp3) is 0.500. The molecule has 1 aromatic rings. The Morgan fingerprint density at radius 1 is 1.26 bits per heavy atom. The van der Waals surface area contributed by atoms with Crippen LogP contribution in [0.5, 0.6) is 0 Å². The standard InChI is InChI=1S/C12H17Br2NO3S/c1-9-7-11(14)12(8-10(9)13)19(16,17)15(2)5-4-6-18-3/h7-8H,4-6H2,1-3H3. The molecule has 0 spiro atoms. The number of hydrogen-bond donors (Lipinski definition) is 0. The summed E-state index contributed by atoms with van der Waals surface area (Å²) < 4.78 is 32.5. The van der Waals surface area contributed by atoms with Crippen molar-refractivity contribution in [1.29, 1.82) is 0 Å². The summed E-state index contributed by atoms with van der Waals surface area (Å²) in [5.74, 6) is 0. The third-order valence-electron chi connectivity index (χ3n) is 2.72. The zero-order valence-corrected chi connectivity index (χ0v) is 15.1. The summed E-state index contributed by atoms with van der Waals surface area (Å²) in [4.78, 5) is 0.268. The number of methoxy groups -OCH3 is 1. The van der Waals surface area contributed by atoms with Gasteiger partial charge in [0, 0.05) is 36.3 Å². The molecule has 0 heterocycles. The molecule has 1 rings (SSSR count). The molecule has 0 amide bonds. The summed E-state index contributed by atoms with van der Waals surface area (Å²) in [5.41, 5.74) is 0.980. The molecule has 0 saturated carbocycles. The summed E-state index contributed by atoms with van der Waals surface area (Å²) in [6.45, 7) is 2.88. The molecular weight excluding hydrogens is 398 g/mol. The minimum atomic E-state index is -3.49. The van der Waals surface area contributed by atoms with Crippen LogP contribution in [0.3, 0.4) is 0 Å². The van der Waals surface area contributed by atoms with Gasteiger partial charge in [-0.25, -0.2) is 12.7 Å². The SMILES string of the molecule is COCCCN(C)S(=O)(=O)c1cc(Br)c(C)cc1Br. The molecule has 19 heavy (non-hydrogen) atoms. The van der Waals surface area contributed by atoms with Crippen molar-refractivity contribution >= 4 is 41.9 Å². The Labute approximate surface area is 131 Å². The molecule has 0 aliphatic heterocycles. The van der Waals surface area contributed by atoms with Gasteiger partial charge in [-0.15, -0.1) is 0 Å². The van der Waals surface area contributed by atoms with Crippen LogP contribution in [0, 0.1) is 6.92 Å². The summed E-state index contributed by atoms with van der Waals surface area (Å²) >= 11 is 6.68. The molecule has 0 N–H and O–H groups in total. The molecule has 4 nitrogen and oxygen atoms in total. The Bertz CT molecular complexity index is 546. The molecular formula is C12H17Br2NO3S. The first-order chi connectivity index (χ1) is 8.80. The average Bonchev–Trinajstić information content (AvgIpc) is 2.33. The lowest BCUT2D eigenvalue weighted by atomic mass is 10.2. The summed E-state index contributed by atoms with van der Waals surface area (Å²) in [6.07, 6.45) is 0.664. The van der Waals surface area contributed by atoms with E-state index in [2.05, 4.69) is 31.9 Å². The monoisotopic (exact) mass is 413 g/mol. The van der Waals surface area contributed by atoms with Gasteiger partial charge in [-0.05, 0) is 47.0 Å². The number of hydrogen-bond acceptors (Lipinski definition) is 3. The van der Waals surface area contributed by atoms with Gasteiger partial charge < -0.3 is 4.74 Å². The van der Waals surface area contributed by atoms with Crippen LogP contribution in [-0.4, -0.2) is 40.0 Å². The van der Waals surface area contributed by atoms with Crippen LogP contribution in [0.1, 0.15) is 12.0 Å². The topological polar surface area (TPSA) is 46.6 Å². The number of nitrogens with zero attached hydrogens (tertiary/aromatic N) is 1. The maximum absolute atomic E-state index is 12.4. The zero-order valence-electron chi connectivity index (χ0n) is 11.1. The van der Waals surface area contributed by atoms with Crippen molar-refractivity contribution in [1.82, 2.24) is 4.31 Å². The molecule has 0 saturated heterocycles. The van der Waals surface area contributed by atoms with Gasteiger partial charge in [0.1, 0.15) is 0 Å².